The number of thioether (sulfide) groups is 1. The van der Waals surface area contributed by atoms with Crippen molar-refractivity contribution in [2.75, 3.05) is 18.7 Å². The summed E-state index contributed by atoms with van der Waals surface area (Å²) in [6.45, 7) is 0. The smallest absolute Gasteiger partial charge is 0.256 e. The molecule has 0 aliphatic heterocycles. The van der Waals surface area contributed by atoms with Crippen molar-refractivity contribution >= 4 is 23.4 Å². The van der Waals surface area contributed by atoms with Gasteiger partial charge in [-0.05, 0) is 48.7 Å². The quantitative estimate of drug-likeness (QED) is 0.391. The Morgan fingerprint density at radius 1 is 1.03 bits per heavy atom. The number of ether oxygens (including phenoxy) is 1. The molecule has 0 fully saturated rings. The number of aromatic nitrogens is 1. The summed E-state index contributed by atoms with van der Waals surface area (Å²) in [4.78, 5) is 18.4. The third-order valence-electron chi connectivity index (χ3n) is 4.59. The maximum atomic E-state index is 13.0. The van der Waals surface area contributed by atoms with Crippen molar-refractivity contribution in [3.63, 3.8) is 0 Å². The second-order valence-corrected chi connectivity index (χ2v) is 7.37. The van der Waals surface area contributed by atoms with Gasteiger partial charge in [0.2, 0.25) is 5.89 Å². The van der Waals surface area contributed by atoms with E-state index in [1.807, 2.05) is 73.0 Å². The van der Waals surface area contributed by atoms with Gasteiger partial charge in [0, 0.05) is 21.7 Å². The highest BCUT2D eigenvalue weighted by molar-refractivity contribution is 7.98. The third-order valence-corrected chi connectivity index (χ3v) is 5.31. The predicted octanol–water partition coefficient (Wildman–Crippen LogP) is 5.99. The molecular formula is C24H20N2O3S. The van der Waals surface area contributed by atoms with Crippen LogP contribution in [0, 0.1) is 0 Å². The Labute approximate surface area is 179 Å². The van der Waals surface area contributed by atoms with Gasteiger partial charge in [0.1, 0.15) is 5.75 Å². The van der Waals surface area contributed by atoms with E-state index < -0.39 is 0 Å². The molecule has 0 radical (unpaired) electrons. The minimum atomic E-state index is -0.218. The number of hydrogen-bond acceptors (Lipinski definition) is 5. The number of methoxy groups -OCH3 is 1. The second-order valence-electron chi connectivity index (χ2n) is 6.49. The highest BCUT2D eigenvalue weighted by atomic mass is 32.2. The van der Waals surface area contributed by atoms with Crippen LogP contribution in [0.4, 0.5) is 5.69 Å². The van der Waals surface area contributed by atoms with Gasteiger partial charge in [-0.3, -0.25) is 4.79 Å². The van der Waals surface area contributed by atoms with Crippen LogP contribution in [0.2, 0.25) is 0 Å². The number of carbonyl (C=O) groups excluding carboxylic acids is 1. The predicted molar refractivity (Wildman–Crippen MR) is 120 cm³/mol. The lowest BCUT2D eigenvalue weighted by atomic mass is 10.1. The fraction of sp³-hybridized carbons (Fsp3) is 0.0833. The number of carbonyl (C=O) groups is 1. The van der Waals surface area contributed by atoms with Gasteiger partial charge in [-0.1, -0.05) is 30.3 Å². The van der Waals surface area contributed by atoms with E-state index in [9.17, 15) is 4.79 Å². The maximum Gasteiger partial charge on any atom is 0.256 e. The first-order valence-electron chi connectivity index (χ1n) is 9.33. The zero-order chi connectivity index (χ0) is 20.9. The SMILES string of the molecule is COc1cccc(-c2cnc(-c3ccccc3C(=O)Nc3cccc(SC)c3)o2)c1. The fourth-order valence-corrected chi connectivity index (χ4v) is 3.53. The molecule has 0 bridgehead atoms. The van der Waals surface area contributed by atoms with E-state index in [4.69, 9.17) is 9.15 Å². The van der Waals surface area contributed by atoms with E-state index in [-0.39, 0.29) is 5.91 Å². The van der Waals surface area contributed by atoms with E-state index >= 15 is 0 Å². The molecule has 30 heavy (non-hydrogen) atoms. The van der Waals surface area contributed by atoms with E-state index in [1.54, 1.807) is 31.1 Å². The Balaban J connectivity index is 1.63. The molecule has 0 unspecified atom stereocenters. The van der Waals surface area contributed by atoms with Crippen molar-refractivity contribution in [1.29, 1.82) is 0 Å². The Hall–Kier alpha value is -3.51. The zero-order valence-corrected chi connectivity index (χ0v) is 17.4. The van der Waals surface area contributed by atoms with Gasteiger partial charge in [-0.15, -0.1) is 11.8 Å². The average molecular weight is 417 g/mol. The molecule has 0 aliphatic carbocycles. The fourth-order valence-electron chi connectivity index (χ4n) is 3.08. The lowest BCUT2D eigenvalue weighted by Crippen LogP contribution is -2.13. The summed E-state index contributed by atoms with van der Waals surface area (Å²) in [6, 6.07) is 22.6. The van der Waals surface area contributed by atoms with Gasteiger partial charge >= 0.3 is 0 Å². The lowest BCUT2D eigenvalue weighted by Gasteiger charge is -2.09. The van der Waals surface area contributed by atoms with Crippen LogP contribution in [-0.2, 0) is 0 Å². The minimum Gasteiger partial charge on any atom is -0.497 e. The number of benzene rings is 3. The molecule has 5 nitrogen and oxygen atoms in total. The van der Waals surface area contributed by atoms with Crippen LogP contribution in [0.3, 0.4) is 0 Å². The zero-order valence-electron chi connectivity index (χ0n) is 16.6. The van der Waals surface area contributed by atoms with Gasteiger partial charge in [0.15, 0.2) is 5.76 Å². The molecular weight excluding hydrogens is 396 g/mol. The molecule has 4 rings (SSSR count). The first-order chi connectivity index (χ1) is 14.7. The number of rotatable bonds is 6. The summed E-state index contributed by atoms with van der Waals surface area (Å²) in [7, 11) is 1.62. The molecule has 3 aromatic carbocycles. The monoisotopic (exact) mass is 416 g/mol. The average Bonchev–Trinajstić information content (AvgIpc) is 3.29. The van der Waals surface area contributed by atoms with Crippen LogP contribution in [-0.4, -0.2) is 24.3 Å². The van der Waals surface area contributed by atoms with Gasteiger partial charge in [-0.25, -0.2) is 4.98 Å². The summed E-state index contributed by atoms with van der Waals surface area (Å²) in [5.41, 5.74) is 2.71. The summed E-state index contributed by atoms with van der Waals surface area (Å²) in [5.74, 6) is 1.51. The first-order valence-corrected chi connectivity index (χ1v) is 10.6. The molecule has 0 spiro atoms. The third kappa shape index (κ3) is 4.23. The van der Waals surface area contributed by atoms with Crippen LogP contribution < -0.4 is 10.1 Å². The first kappa shape index (κ1) is 19.8. The van der Waals surface area contributed by atoms with E-state index in [2.05, 4.69) is 10.3 Å². The molecule has 0 atom stereocenters. The molecule has 0 saturated heterocycles. The molecule has 1 amide bonds. The van der Waals surface area contributed by atoms with E-state index in [0.29, 0.717) is 22.8 Å². The van der Waals surface area contributed by atoms with Crippen LogP contribution in [0.5, 0.6) is 5.75 Å². The number of oxazole rings is 1. The lowest BCUT2D eigenvalue weighted by molar-refractivity contribution is 0.102. The van der Waals surface area contributed by atoms with E-state index in [0.717, 1.165) is 21.9 Å². The number of amides is 1. The number of nitrogens with one attached hydrogen (secondary N) is 1. The highest BCUT2D eigenvalue weighted by Gasteiger charge is 2.17. The summed E-state index contributed by atoms with van der Waals surface area (Å²) < 4.78 is 11.3. The Bertz CT molecular complexity index is 1190. The Morgan fingerprint density at radius 3 is 2.70 bits per heavy atom. The molecule has 4 aromatic rings. The van der Waals surface area contributed by atoms with Crippen molar-refractivity contribution < 1.29 is 13.9 Å². The second kappa shape index (κ2) is 8.88. The summed E-state index contributed by atoms with van der Waals surface area (Å²) >= 11 is 1.62. The van der Waals surface area contributed by atoms with Gasteiger partial charge < -0.3 is 14.5 Å². The summed E-state index contributed by atoms with van der Waals surface area (Å²) in [5, 5.41) is 2.96. The van der Waals surface area contributed by atoms with Crippen LogP contribution in [0.25, 0.3) is 22.8 Å². The van der Waals surface area contributed by atoms with Crippen LogP contribution in [0.15, 0.2) is 88.3 Å². The largest absolute Gasteiger partial charge is 0.497 e. The molecule has 0 saturated carbocycles. The van der Waals surface area contributed by atoms with Crippen LogP contribution >= 0.6 is 11.8 Å². The van der Waals surface area contributed by atoms with Crippen molar-refractivity contribution in [1.82, 2.24) is 4.98 Å². The van der Waals surface area contributed by atoms with Crippen molar-refractivity contribution in [3.8, 4) is 28.5 Å². The maximum absolute atomic E-state index is 13.0. The molecule has 150 valence electrons. The molecule has 1 aromatic heterocycles. The summed E-state index contributed by atoms with van der Waals surface area (Å²) in [6.07, 6.45) is 3.65. The Kier molecular flexibility index (Phi) is 5.86. The van der Waals surface area contributed by atoms with Gasteiger partial charge in [0.25, 0.3) is 5.91 Å². The van der Waals surface area contributed by atoms with Crippen molar-refractivity contribution in [2.45, 2.75) is 4.90 Å². The van der Waals surface area contributed by atoms with Crippen LogP contribution in [0.1, 0.15) is 10.4 Å². The van der Waals surface area contributed by atoms with E-state index in [1.165, 1.54) is 0 Å². The minimum absolute atomic E-state index is 0.218. The Morgan fingerprint density at radius 2 is 1.87 bits per heavy atom. The molecule has 6 heteroatoms. The standard InChI is InChI=1S/C24H20N2O3S/c1-28-18-9-5-7-16(13-18)22-15-25-24(29-22)21-12-4-3-11-20(21)23(27)26-17-8-6-10-19(14-17)30-2/h3-15H,1-2H3,(H,26,27). The van der Waals surface area contributed by atoms with Gasteiger partial charge in [0.05, 0.1) is 18.9 Å². The number of hydrogen-bond donors (Lipinski definition) is 1. The van der Waals surface area contributed by atoms with Crippen molar-refractivity contribution in [2.24, 2.45) is 0 Å². The highest BCUT2D eigenvalue weighted by Crippen LogP contribution is 2.30. The molecule has 1 heterocycles. The molecule has 0 aliphatic rings. The number of nitrogens with zero attached hydrogens (tertiary/aromatic N) is 1. The van der Waals surface area contributed by atoms with Crippen molar-refractivity contribution in [3.05, 3.63) is 84.6 Å². The number of anilines is 1. The topological polar surface area (TPSA) is 64.4 Å². The van der Waals surface area contributed by atoms with Gasteiger partial charge in [-0.2, -0.15) is 0 Å². The normalized spacial score (nSPS) is 10.6. The molecule has 1 N–H and O–H groups in total.